The van der Waals surface area contributed by atoms with Crippen LogP contribution in [0, 0.1) is 21.7 Å². The molecule has 0 saturated heterocycles. The molecule has 0 aliphatic rings. The van der Waals surface area contributed by atoms with Crippen LogP contribution in [0.5, 0.6) is 0 Å². The zero-order valence-electron chi connectivity index (χ0n) is 75.2. The van der Waals surface area contributed by atoms with Gasteiger partial charge in [0.15, 0.2) is 0 Å². The van der Waals surface area contributed by atoms with Gasteiger partial charge in [0.05, 0.1) is 31.9 Å². The zero-order chi connectivity index (χ0) is 89.8. The molecule has 0 rings (SSSR count). The molecule has 11 amide bonds. The van der Waals surface area contributed by atoms with Crippen molar-refractivity contribution in [1.29, 1.82) is 0 Å². The van der Waals surface area contributed by atoms with Crippen molar-refractivity contribution in [2.24, 2.45) is 44.6 Å². The maximum atomic E-state index is 14.6. The molecule has 0 saturated carbocycles. The molecule has 19 N–H and O–H groups in total. The predicted octanol–water partition coefficient (Wildman–Crippen LogP) is 6.24. The molecule has 7 unspecified atom stereocenters. The standard InChI is InChI=1S/C87H161N15O17/c1-14-118-60-61-119-59-58-97-81(115)66(102-83(117)68(100-78(112)63(91)37-26-32-54-93-74(108)48-20-16-44-70(104)85(5,6)7)42-35-57-94-77(111)62(90)36-25-31-53-92-73(107)47-19-15-43-69(103)84(2,3)4)41-28-34-56-96-80(114)65(101-82(116)67(39-24-30-52-89)99-76(110)50-22-18-46-72(106)87(11,12)13)40-27-33-55-95-79(113)64(38-23-29-51-88)98-75(109)49-21-17-45-71(105)86(8,9)10/h62-68H,14-61,88-91H2,1-13H3,(H,92,107)(H,93,108)(H,94,111)(H,95,113)(H,96,114)(H,97,115)(H,98,109)(H,99,110)(H,100,112)(H,101,116)(H,102,117). The minimum absolute atomic E-state index is 0.0225. The van der Waals surface area contributed by atoms with E-state index in [0.717, 1.165) is 0 Å². The van der Waals surface area contributed by atoms with Gasteiger partial charge < -0.3 is 90.9 Å². The van der Waals surface area contributed by atoms with Crippen LogP contribution < -0.4 is 81.4 Å². The third-order valence-electron chi connectivity index (χ3n) is 20.4. The number of Topliss-reactive ketones (excluding diaryl/α,β-unsaturated/α-hetero) is 4. The van der Waals surface area contributed by atoms with E-state index in [0.29, 0.717) is 200 Å². The highest BCUT2D eigenvalue weighted by atomic mass is 16.5. The Kier molecular flexibility index (Phi) is 60.4. The van der Waals surface area contributed by atoms with Crippen LogP contribution in [0.1, 0.15) is 321 Å². The summed E-state index contributed by atoms with van der Waals surface area (Å²) in [5.41, 5.74) is 22.5. The Bertz CT molecular complexity index is 3020. The van der Waals surface area contributed by atoms with Gasteiger partial charge in [0.25, 0.3) is 0 Å². The van der Waals surface area contributed by atoms with Crippen LogP contribution in [0.3, 0.4) is 0 Å². The average Bonchev–Trinajstić information content (AvgIpc) is 0.880. The van der Waals surface area contributed by atoms with Crippen molar-refractivity contribution in [1.82, 2.24) is 58.5 Å². The highest BCUT2D eigenvalue weighted by molar-refractivity contribution is 5.94. The molecule has 686 valence electrons. The maximum absolute atomic E-state index is 14.6. The Morgan fingerprint density at radius 1 is 0.252 bits per heavy atom. The normalized spacial score (nSPS) is 13.5. The summed E-state index contributed by atoms with van der Waals surface area (Å²) in [6.07, 6.45) is 13.3. The summed E-state index contributed by atoms with van der Waals surface area (Å²) < 4.78 is 11.0. The quantitative estimate of drug-likeness (QED) is 0.0300. The predicted molar refractivity (Wildman–Crippen MR) is 463 cm³/mol. The van der Waals surface area contributed by atoms with Crippen molar-refractivity contribution >= 4 is 88.1 Å². The number of rotatable bonds is 71. The second-order valence-electron chi connectivity index (χ2n) is 35.5. The Morgan fingerprint density at radius 3 is 0.874 bits per heavy atom. The molecule has 0 aliphatic heterocycles. The topological polar surface area (TPSA) is 511 Å². The minimum Gasteiger partial charge on any atom is -0.379 e. The number of hydrogen-bond donors (Lipinski definition) is 15. The lowest BCUT2D eigenvalue weighted by molar-refractivity contribution is -0.133. The highest BCUT2D eigenvalue weighted by Crippen LogP contribution is 2.23. The van der Waals surface area contributed by atoms with E-state index in [1.165, 1.54) is 0 Å². The SMILES string of the molecule is CCOCCOCCNC(=O)C(CCCCNC(=O)C(CCCCNC(=O)C(CCCCN)NC(=O)CCCCC(=O)C(C)(C)C)NC(=O)C(CCCCN)NC(=O)CCCCC(=O)C(C)(C)C)NC(=O)C(CCCNC(=O)C(N)CCCCNC(=O)CCCCC(=O)C(C)(C)C)NC(=O)C(N)CCCCNC(=O)CCCCC(=O)C(C)(C)C. The summed E-state index contributed by atoms with van der Waals surface area (Å²) >= 11 is 0. The molecule has 7 atom stereocenters. The molecule has 32 heteroatoms. The van der Waals surface area contributed by atoms with Crippen molar-refractivity contribution in [3.05, 3.63) is 0 Å². The van der Waals surface area contributed by atoms with Crippen LogP contribution in [-0.2, 0) is 81.4 Å². The Labute approximate surface area is 711 Å². The van der Waals surface area contributed by atoms with Gasteiger partial charge in [-0.15, -0.1) is 0 Å². The van der Waals surface area contributed by atoms with E-state index in [9.17, 15) is 71.9 Å². The minimum atomic E-state index is -1.27. The Morgan fingerprint density at radius 2 is 0.513 bits per heavy atom. The lowest BCUT2D eigenvalue weighted by atomic mass is 9.88. The van der Waals surface area contributed by atoms with Gasteiger partial charge in [0.2, 0.25) is 65.0 Å². The second kappa shape index (κ2) is 64.4. The summed E-state index contributed by atoms with van der Waals surface area (Å²) in [5.74, 6) is -4.51. The first kappa shape index (κ1) is 112. The number of ketones is 4. The summed E-state index contributed by atoms with van der Waals surface area (Å²) in [4.78, 5) is 200. The highest BCUT2D eigenvalue weighted by Gasteiger charge is 2.32. The summed E-state index contributed by atoms with van der Waals surface area (Å²) in [7, 11) is 0. The number of unbranched alkanes of at least 4 members (excludes halogenated alkanes) is 10. The first-order chi connectivity index (χ1) is 56.1. The maximum Gasteiger partial charge on any atom is 0.243 e. The molecule has 0 fully saturated rings. The molecule has 0 aromatic heterocycles. The van der Waals surface area contributed by atoms with E-state index in [-0.39, 0.29) is 151 Å². The number of nitrogens with one attached hydrogen (secondary N) is 11. The molecule has 0 bridgehead atoms. The summed E-state index contributed by atoms with van der Waals surface area (Å²) in [6, 6.07) is -7.45. The third-order valence-corrected chi connectivity index (χ3v) is 20.4. The van der Waals surface area contributed by atoms with Crippen LogP contribution in [0.25, 0.3) is 0 Å². The lowest BCUT2D eigenvalue weighted by Crippen LogP contribution is -2.56. The molecule has 0 aliphatic carbocycles. The fourth-order valence-corrected chi connectivity index (χ4v) is 12.3. The number of nitrogens with two attached hydrogens (primary N) is 4. The Hall–Kier alpha value is -7.39. The van der Waals surface area contributed by atoms with Crippen molar-refractivity contribution in [2.75, 3.05) is 78.8 Å². The number of hydrogen-bond acceptors (Lipinski definition) is 21. The summed E-state index contributed by atoms with van der Waals surface area (Å²) in [5, 5.41) is 31.4. The second-order valence-corrected chi connectivity index (χ2v) is 35.5. The van der Waals surface area contributed by atoms with Gasteiger partial charge in [-0.2, -0.15) is 0 Å². The molecule has 0 spiro atoms. The Balaban J connectivity index is 6.79. The van der Waals surface area contributed by atoms with E-state index in [1.807, 2.05) is 90.0 Å². The largest absolute Gasteiger partial charge is 0.379 e. The van der Waals surface area contributed by atoms with Crippen molar-refractivity contribution < 1.29 is 81.4 Å². The van der Waals surface area contributed by atoms with E-state index in [4.69, 9.17) is 32.4 Å². The van der Waals surface area contributed by atoms with Crippen LogP contribution in [0.15, 0.2) is 0 Å². The van der Waals surface area contributed by atoms with Crippen LogP contribution in [-0.4, -0.2) is 209 Å². The first-order valence-corrected chi connectivity index (χ1v) is 44.4. The van der Waals surface area contributed by atoms with Crippen LogP contribution >= 0.6 is 0 Å². The van der Waals surface area contributed by atoms with Gasteiger partial charge >= 0.3 is 0 Å². The van der Waals surface area contributed by atoms with E-state index in [1.54, 1.807) is 0 Å². The molecule has 0 aromatic carbocycles. The monoisotopic (exact) mass is 1690 g/mol. The molecule has 32 nitrogen and oxygen atoms in total. The number of carbonyl (C=O) groups is 15. The first-order valence-electron chi connectivity index (χ1n) is 44.4. The molecular formula is C87H161N15O17. The number of amides is 11. The fourth-order valence-electron chi connectivity index (χ4n) is 12.3. The smallest absolute Gasteiger partial charge is 0.243 e. The molecule has 0 radical (unpaired) electrons. The van der Waals surface area contributed by atoms with Gasteiger partial charge in [0, 0.05) is 119 Å². The van der Waals surface area contributed by atoms with Crippen molar-refractivity contribution in [3.63, 3.8) is 0 Å². The van der Waals surface area contributed by atoms with Gasteiger partial charge in [-0.25, -0.2) is 0 Å². The molecule has 0 aromatic rings. The van der Waals surface area contributed by atoms with Crippen LogP contribution in [0.2, 0.25) is 0 Å². The molecular weight excluding hydrogens is 1530 g/mol. The van der Waals surface area contributed by atoms with Gasteiger partial charge in [-0.05, 0) is 200 Å². The lowest BCUT2D eigenvalue weighted by Gasteiger charge is -2.25. The van der Waals surface area contributed by atoms with Crippen molar-refractivity contribution in [2.45, 2.75) is 363 Å². The van der Waals surface area contributed by atoms with Gasteiger partial charge in [-0.3, -0.25) is 71.9 Å². The number of ether oxygens (including phenoxy) is 2. The van der Waals surface area contributed by atoms with Crippen molar-refractivity contribution in [3.8, 4) is 0 Å². The van der Waals surface area contributed by atoms with Crippen LogP contribution in [0.4, 0.5) is 0 Å². The molecule has 119 heavy (non-hydrogen) atoms. The summed E-state index contributed by atoms with van der Waals surface area (Å²) in [6.45, 7) is 27.1. The zero-order valence-corrected chi connectivity index (χ0v) is 75.2. The van der Waals surface area contributed by atoms with E-state index >= 15 is 0 Å². The van der Waals surface area contributed by atoms with E-state index < -0.39 is 111 Å². The van der Waals surface area contributed by atoms with Gasteiger partial charge in [0.1, 0.15) is 53.3 Å². The fraction of sp³-hybridized carbons (Fsp3) is 0.828. The van der Waals surface area contributed by atoms with Gasteiger partial charge in [-0.1, -0.05) is 83.1 Å². The third kappa shape index (κ3) is 57.5. The average molecular weight is 1690 g/mol. The van der Waals surface area contributed by atoms with E-state index in [2.05, 4.69) is 58.5 Å². The number of carbonyl (C=O) groups excluding carboxylic acids is 15. The molecule has 0 heterocycles.